The Hall–Kier alpha value is -0.630. The van der Waals surface area contributed by atoms with Gasteiger partial charge in [-0.3, -0.25) is 0 Å². The van der Waals surface area contributed by atoms with Crippen molar-refractivity contribution in [3.05, 3.63) is 12.0 Å². The molecule has 0 aromatic carbocycles. The van der Waals surface area contributed by atoms with Crippen molar-refractivity contribution < 1.29 is 8.42 Å². The number of hydrogen-bond acceptors (Lipinski definition) is 4. The van der Waals surface area contributed by atoms with E-state index in [9.17, 15) is 8.42 Å². The zero-order valence-electron chi connectivity index (χ0n) is 11.6. The predicted octanol–water partition coefficient (Wildman–Crippen LogP) is 0.610. The summed E-state index contributed by atoms with van der Waals surface area (Å²) in [4.78, 5) is 4.22. The number of sulfonamides is 1. The maximum absolute atomic E-state index is 12.7. The fourth-order valence-electron chi connectivity index (χ4n) is 2.92. The molecule has 1 aromatic heterocycles. The van der Waals surface area contributed by atoms with Gasteiger partial charge in [-0.15, -0.1) is 12.4 Å². The van der Waals surface area contributed by atoms with Crippen molar-refractivity contribution >= 4 is 22.4 Å². The number of rotatable bonds is 3. The SMILES string of the molecule is CC1(CN)CCN(S(=O)(=O)c2cnc3n2CCC3)C1.Cl. The number of halogens is 1. The molecule has 1 saturated heterocycles. The minimum atomic E-state index is -3.42. The third-order valence-electron chi connectivity index (χ3n) is 4.30. The first-order valence-corrected chi connectivity index (χ1v) is 8.15. The van der Waals surface area contributed by atoms with Crippen LogP contribution in [0.3, 0.4) is 0 Å². The van der Waals surface area contributed by atoms with Gasteiger partial charge in [0, 0.05) is 26.1 Å². The first kappa shape index (κ1) is 15.8. The molecule has 3 heterocycles. The van der Waals surface area contributed by atoms with Crippen LogP contribution < -0.4 is 5.73 Å². The molecule has 0 bridgehead atoms. The highest BCUT2D eigenvalue weighted by Gasteiger charge is 2.40. The minimum Gasteiger partial charge on any atom is -0.330 e. The van der Waals surface area contributed by atoms with Gasteiger partial charge >= 0.3 is 0 Å². The molecule has 0 saturated carbocycles. The fraction of sp³-hybridized carbons (Fsp3) is 0.750. The third kappa shape index (κ3) is 2.36. The lowest BCUT2D eigenvalue weighted by atomic mass is 9.90. The molecule has 2 N–H and O–H groups in total. The molecule has 2 aliphatic heterocycles. The van der Waals surface area contributed by atoms with Gasteiger partial charge in [-0.2, -0.15) is 4.31 Å². The van der Waals surface area contributed by atoms with Crippen molar-refractivity contribution in [2.24, 2.45) is 11.1 Å². The van der Waals surface area contributed by atoms with Crippen LogP contribution in [0.15, 0.2) is 11.2 Å². The molecule has 1 aromatic rings. The van der Waals surface area contributed by atoms with Crippen molar-refractivity contribution in [2.75, 3.05) is 19.6 Å². The zero-order chi connectivity index (χ0) is 13.7. The molecule has 6 nitrogen and oxygen atoms in total. The molecule has 2 aliphatic rings. The second-order valence-corrected chi connectivity index (χ2v) is 7.76. The first-order valence-electron chi connectivity index (χ1n) is 6.71. The molecule has 8 heteroatoms. The summed E-state index contributed by atoms with van der Waals surface area (Å²) in [6, 6.07) is 0. The van der Waals surface area contributed by atoms with Gasteiger partial charge in [-0.25, -0.2) is 13.4 Å². The molecule has 0 aliphatic carbocycles. The van der Waals surface area contributed by atoms with Crippen LogP contribution in [0.5, 0.6) is 0 Å². The van der Waals surface area contributed by atoms with Gasteiger partial charge in [-0.05, 0) is 24.8 Å². The Kier molecular flexibility index (Phi) is 4.17. The van der Waals surface area contributed by atoms with E-state index in [-0.39, 0.29) is 17.8 Å². The Morgan fingerprint density at radius 3 is 2.85 bits per heavy atom. The number of aryl methyl sites for hydroxylation is 1. The highest BCUT2D eigenvalue weighted by atomic mass is 35.5. The lowest BCUT2D eigenvalue weighted by molar-refractivity contribution is 0.348. The van der Waals surface area contributed by atoms with Crippen LogP contribution in [0.2, 0.25) is 0 Å². The van der Waals surface area contributed by atoms with Gasteiger partial charge in [0.15, 0.2) is 5.03 Å². The Bertz CT molecular complexity index is 601. The molecule has 1 fully saturated rings. The van der Waals surface area contributed by atoms with E-state index in [1.54, 1.807) is 4.31 Å². The number of fused-ring (bicyclic) bond motifs is 1. The molecular weight excluding hydrogens is 300 g/mol. The van der Waals surface area contributed by atoms with Crippen LogP contribution in [0.25, 0.3) is 0 Å². The van der Waals surface area contributed by atoms with E-state index >= 15 is 0 Å². The smallest absolute Gasteiger partial charge is 0.260 e. The van der Waals surface area contributed by atoms with Crippen molar-refractivity contribution in [1.29, 1.82) is 0 Å². The maximum atomic E-state index is 12.7. The van der Waals surface area contributed by atoms with Crippen molar-refractivity contribution in [3.63, 3.8) is 0 Å². The average Bonchev–Trinajstić information content (AvgIpc) is 3.02. The molecule has 0 radical (unpaired) electrons. The number of nitrogens with two attached hydrogens (primary N) is 1. The molecular formula is C12H21ClN4O2S. The summed E-state index contributed by atoms with van der Waals surface area (Å²) in [5, 5.41) is 0.348. The van der Waals surface area contributed by atoms with Gasteiger partial charge in [-0.1, -0.05) is 6.92 Å². The number of nitrogens with zero attached hydrogens (tertiary/aromatic N) is 3. The molecule has 0 amide bonds. The molecule has 20 heavy (non-hydrogen) atoms. The average molecular weight is 321 g/mol. The second-order valence-electron chi connectivity index (χ2n) is 5.87. The van der Waals surface area contributed by atoms with Crippen LogP contribution in [0.1, 0.15) is 25.6 Å². The largest absolute Gasteiger partial charge is 0.330 e. The van der Waals surface area contributed by atoms with E-state index in [0.717, 1.165) is 31.6 Å². The van der Waals surface area contributed by atoms with Crippen LogP contribution in [0, 0.1) is 5.41 Å². The van der Waals surface area contributed by atoms with Crippen LogP contribution >= 0.6 is 12.4 Å². The number of aromatic nitrogens is 2. The van der Waals surface area contributed by atoms with E-state index in [0.29, 0.717) is 24.7 Å². The quantitative estimate of drug-likeness (QED) is 0.884. The number of imidazole rings is 1. The van der Waals surface area contributed by atoms with Gasteiger partial charge < -0.3 is 10.3 Å². The normalized spacial score (nSPS) is 26.5. The summed E-state index contributed by atoms with van der Waals surface area (Å²) in [7, 11) is -3.42. The van der Waals surface area contributed by atoms with E-state index in [2.05, 4.69) is 4.98 Å². The van der Waals surface area contributed by atoms with Crippen LogP contribution in [-0.2, 0) is 23.0 Å². The van der Waals surface area contributed by atoms with Gasteiger partial charge in [0.25, 0.3) is 10.0 Å². The zero-order valence-corrected chi connectivity index (χ0v) is 13.2. The van der Waals surface area contributed by atoms with Gasteiger partial charge in [0.2, 0.25) is 0 Å². The summed E-state index contributed by atoms with van der Waals surface area (Å²) in [5.41, 5.74) is 5.65. The topological polar surface area (TPSA) is 81.2 Å². The van der Waals surface area contributed by atoms with E-state index in [1.807, 2.05) is 11.5 Å². The molecule has 3 rings (SSSR count). The summed E-state index contributed by atoms with van der Waals surface area (Å²) < 4.78 is 28.8. The lowest BCUT2D eigenvalue weighted by Crippen LogP contribution is -2.35. The monoisotopic (exact) mass is 320 g/mol. The van der Waals surface area contributed by atoms with E-state index in [4.69, 9.17) is 5.73 Å². The fourth-order valence-corrected chi connectivity index (χ4v) is 4.66. The standard InChI is InChI=1S/C12H20N4O2S.ClH/c1-12(8-13)4-6-15(9-12)19(17,18)11-7-14-10-3-2-5-16(10)11;/h7H,2-6,8-9,13H2,1H3;1H. The Balaban J connectivity index is 0.00000147. The Morgan fingerprint density at radius 1 is 1.45 bits per heavy atom. The van der Waals surface area contributed by atoms with Crippen molar-refractivity contribution in [3.8, 4) is 0 Å². The second kappa shape index (κ2) is 5.29. The van der Waals surface area contributed by atoms with E-state index in [1.165, 1.54) is 6.20 Å². The molecule has 114 valence electrons. The molecule has 1 unspecified atom stereocenters. The lowest BCUT2D eigenvalue weighted by Gasteiger charge is -2.22. The minimum absolute atomic E-state index is 0. The highest BCUT2D eigenvalue weighted by Crippen LogP contribution is 2.33. The predicted molar refractivity (Wildman–Crippen MR) is 78.3 cm³/mol. The highest BCUT2D eigenvalue weighted by molar-refractivity contribution is 7.89. The Labute approximate surface area is 125 Å². The molecule has 1 atom stereocenters. The third-order valence-corrected chi connectivity index (χ3v) is 6.15. The van der Waals surface area contributed by atoms with Crippen LogP contribution in [0.4, 0.5) is 0 Å². The van der Waals surface area contributed by atoms with Crippen molar-refractivity contribution in [2.45, 2.75) is 37.8 Å². The maximum Gasteiger partial charge on any atom is 0.260 e. The van der Waals surface area contributed by atoms with E-state index < -0.39 is 10.0 Å². The van der Waals surface area contributed by atoms with Gasteiger partial charge in [0.05, 0.1) is 6.20 Å². The number of hydrogen-bond donors (Lipinski definition) is 1. The van der Waals surface area contributed by atoms with Crippen LogP contribution in [-0.4, -0.2) is 41.9 Å². The summed E-state index contributed by atoms with van der Waals surface area (Å²) in [5.74, 6) is 0.888. The van der Waals surface area contributed by atoms with Gasteiger partial charge in [0.1, 0.15) is 5.82 Å². The first-order chi connectivity index (χ1) is 8.96. The summed E-state index contributed by atoms with van der Waals surface area (Å²) in [6.07, 6.45) is 4.17. The summed E-state index contributed by atoms with van der Waals surface area (Å²) >= 11 is 0. The van der Waals surface area contributed by atoms with Crippen molar-refractivity contribution in [1.82, 2.24) is 13.9 Å². The Morgan fingerprint density at radius 2 is 2.20 bits per heavy atom. The molecule has 0 spiro atoms. The summed E-state index contributed by atoms with van der Waals surface area (Å²) in [6.45, 7) is 4.38.